The van der Waals surface area contributed by atoms with Crippen molar-refractivity contribution in [2.75, 3.05) is 45.2 Å². The Morgan fingerprint density at radius 1 is 0.839 bits per heavy atom. The van der Waals surface area contributed by atoms with E-state index < -0.39 is 0 Å². The minimum absolute atomic E-state index is 0.0205. The van der Waals surface area contributed by atoms with Crippen molar-refractivity contribution in [3.63, 3.8) is 0 Å². The van der Waals surface area contributed by atoms with Crippen LogP contribution in [0.3, 0.4) is 0 Å². The summed E-state index contributed by atoms with van der Waals surface area (Å²) in [6.07, 6.45) is 2.59. The molecule has 2 aromatic carbocycles. The zero-order valence-corrected chi connectivity index (χ0v) is 18.3. The van der Waals surface area contributed by atoms with Crippen molar-refractivity contribution in [2.45, 2.75) is 13.3 Å². The molecule has 0 unspecified atom stereocenters. The highest BCUT2D eigenvalue weighted by molar-refractivity contribution is 6.11. The molecular formula is C25H28N4O2. The Bertz CT molecular complexity index is 1130. The number of nitrogens with zero attached hydrogens (tertiary/aromatic N) is 4. The van der Waals surface area contributed by atoms with Gasteiger partial charge in [0, 0.05) is 64.5 Å². The number of hydrogen-bond acceptors (Lipinski definition) is 4. The summed E-state index contributed by atoms with van der Waals surface area (Å²) < 4.78 is 0. The molecule has 4 rings (SSSR count). The zero-order chi connectivity index (χ0) is 22.0. The number of anilines is 1. The maximum atomic E-state index is 13.5. The van der Waals surface area contributed by atoms with Gasteiger partial charge in [0.1, 0.15) is 5.82 Å². The Morgan fingerprint density at radius 2 is 1.52 bits per heavy atom. The van der Waals surface area contributed by atoms with Gasteiger partial charge in [-0.05, 0) is 41.0 Å². The summed E-state index contributed by atoms with van der Waals surface area (Å²) in [6, 6.07) is 16.0. The number of amides is 2. The predicted molar refractivity (Wildman–Crippen MR) is 124 cm³/mol. The molecule has 6 nitrogen and oxygen atoms in total. The Hall–Kier alpha value is -3.41. The van der Waals surface area contributed by atoms with Crippen molar-refractivity contribution in [3.05, 3.63) is 60.3 Å². The van der Waals surface area contributed by atoms with Crippen LogP contribution in [0.4, 0.5) is 5.82 Å². The predicted octanol–water partition coefficient (Wildman–Crippen LogP) is 3.66. The monoisotopic (exact) mass is 416 g/mol. The zero-order valence-electron chi connectivity index (χ0n) is 18.3. The summed E-state index contributed by atoms with van der Waals surface area (Å²) in [6.45, 7) is 4.09. The average molecular weight is 417 g/mol. The molecule has 0 saturated carbocycles. The van der Waals surface area contributed by atoms with E-state index in [4.69, 9.17) is 0 Å². The van der Waals surface area contributed by atoms with Crippen LogP contribution in [0.5, 0.6) is 0 Å². The number of hydrogen-bond donors (Lipinski definition) is 0. The maximum Gasteiger partial charge on any atom is 0.254 e. The molecule has 2 amide bonds. The van der Waals surface area contributed by atoms with Crippen LogP contribution in [0.25, 0.3) is 21.9 Å². The molecule has 1 fully saturated rings. The van der Waals surface area contributed by atoms with Crippen molar-refractivity contribution in [1.29, 1.82) is 0 Å². The Labute approximate surface area is 183 Å². The van der Waals surface area contributed by atoms with E-state index in [1.807, 2.05) is 59.1 Å². The Balaban J connectivity index is 1.74. The van der Waals surface area contributed by atoms with Crippen LogP contribution in [0, 0.1) is 0 Å². The minimum Gasteiger partial charge on any atom is -0.362 e. The molecule has 0 radical (unpaired) electrons. The van der Waals surface area contributed by atoms with Crippen molar-refractivity contribution in [2.24, 2.45) is 0 Å². The van der Waals surface area contributed by atoms with E-state index in [1.54, 1.807) is 13.1 Å². The van der Waals surface area contributed by atoms with Crippen molar-refractivity contribution in [3.8, 4) is 11.1 Å². The van der Waals surface area contributed by atoms with Gasteiger partial charge in [-0.25, -0.2) is 4.98 Å². The number of rotatable bonds is 3. The van der Waals surface area contributed by atoms with E-state index in [9.17, 15) is 9.59 Å². The molecular weight excluding hydrogens is 388 g/mol. The molecule has 1 aliphatic rings. The smallest absolute Gasteiger partial charge is 0.254 e. The molecule has 0 N–H and O–H groups in total. The van der Waals surface area contributed by atoms with Crippen LogP contribution in [0.2, 0.25) is 0 Å². The summed E-state index contributed by atoms with van der Waals surface area (Å²) in [5.74, 6) is 0.980. The topological polar surface area (TPSA) is 56.8 Å². The van der Waals surface area contributed by atoms with Gasteiger partial charge in [0.2, 0.25) is 5.91 Å². The van der Waals surface area contributed by atoms with E-state index in [0.29, 0.717) is 31.7 Å². The lowest BCUT2D eigenvalue weighted by Gasteiger charge is -2.22. The molecule has 0 bridgehead atoms. The van der Waals surface area contributed by atoms with E-state index in [-0.39, 0.29) is 11.8 Å². The first-order valence-electron chi connectivity index (χ1n) is 10.7. The molecule has 1 saturated heterocycles. The molecule has 160 valence electrons. The van der Waals surface area contributed by atoms with Gasteiger partial charge in [-0.3, -0.25) is 9.59 Å². The van der Waals surface area contributed by atoms with Crippen LogP contribution in [0.15, 0.2) is 54.7 Å². The molecule has 2 heterocycles. The first-order chi connectivity index (χ1) is 15.0. The molecule has 0 atom stereocenters. The van der Waals surface area contributed by atoms with Crippen molar-refractivity contribution >= 4 is 28.4 Å². The molecule has 0 spiro atoms. The van der Waals surface area contributed by atoms with E-state index >= 15 is 0 Å². The third-order valence-electron chi connectivity index (χ3n) is 5.88. The highest BCUT2D eigenvalue weighted by Gasteiger charge is 2.23. The highest BCUT2D eigenvalue weighted by Crippen LogP contribution is 2.35. The van der Waals surface area contributed by atoms with Crippen LogP contribution < -0.4 is 4.90 Å². The van der Waals surface area contributed by atoms with Gasteiger partial charge in [-0.2, -0.15) is 0 Å². The largest absolute Gasteiger partial charge is 0.362 e. The second-order valence-corrected chi connectivity index (χ2v) is 8.13. The number of benzene rings is 2. The van der Waals surface area contributed by atoms with E-state index in [2.05, 4.69) is 23.2 Å². The fourth-order valence-electron chi connectivity index (χ4n) is 4.30. The van der Waals surface area contributed by atoms with Gasteiger partial charge in [0.05, 0.1) is 0 Å². The van der Waals surface area contributed by atoms with Crippen LogP contribution in [-0.4, -0.2) is 66.9 Å². The van der Waals surface area contributed by atoms with Crippen molar-refractivity contribution < 1.29 is 9.59 Å². The summed E-state index contributed by atoms with van der Waals surface area (Å²) in [7, 11) is 3.96. The third-order valence-corrected chi connectivity index (χ3v) is 5.88. The van der Waals surface area contributed by atoms with E-state index in [0.717, 1.165) is 34.1 Å². The van der Waals surface area contributed by atoms with Gasteiger partial charge >= 0.3 is 0 Å². The fourth-order valence-corrected chi connectivity index (χ4v) is 4.30. The van der Waals surface area contributed by atoms with Gasteiger partial charge in [-0.15, -0.1) is 0 Å². The van der Waals surface area contributed by atoms with Gasteiger partial charge < -0.3 is 14.7 Å². The summed E-state index contributed by atoms with van der Waals surface area (Å²) in [5, 5.41) is 1.97. The van der Waals surface area contributed by atoms with Gasteiger partial charge in [0.25, 0.3) is 5.91 Å². The fraction of sp³-hybridized carbons (Fsp3) is 0.320. The molecule has 6 heteroatoms. The lowest BCUT2D eigenvalue weighted by Crippen LogP contribution is -2.36. The second-order valence-electron chi connectivity index (χ2n) is 8.13. The summed E-state index contributed by atoms with van der Waals surface area (Å²) in [4.78, 5) is 35.4. The summed E-state index contributed by atoms with van der Waals surface area (Å²) >= 11 is 0. The molecule has 0 aliphatic carbocycles. The minimum atomic E-state index is 0.0205. The standard InChI is InChI=1S/C25H28N4O2/c1-18(30)28-14-7-15-29(17-16-28)25(31)23-11-5-8-19-20(9-4-10-21(19)23)22-12-6-13-26-24(22)27(2)3/h4-6,8-13H,7,14-17H2,1-3H3. The lowest BCUT2D eigenvalue weighted by atomic mass is 9.95. The third kappa shape index (κ3) is 4.10. The number of carbonyl (C=O) groups is 2. The van der Waals surface area contributed by atoms with Gasteiger partial charge in [-0.1, -0.05) is 30.3 Å². The van der Waals surface area contributed by atoms with Crippen LogP contribution in [0.1, 0.15) is 23.7 Å². The maximum absolute atomic E-state index is 13.5. The highest BCUT2D eigenvalue weighted by atomic mass is 16.2. The average Bonchev–Trinajstić information content (AvgIpc) is 3.04. The second kappa shape index (κ2) is 8.76. The van der Waals surface area contributed by atoms with Gasteiger partial charge in [0.15, 0.2) is 0 Å². The van der Waals surface area contributed by atoms with Crippen LogP contribution in [-0.2, 0) is 4.79 Å². The van der Waals surface area contributed by atoms with E-state index in [1.165, 1.54) is 0 Å². The number of pyridine rings is 1. The Morgan fingerprint density at radius 3 is 2.29 bits per heavy atom. The molecule has 1 aliphatic heterocycles. The number of fused-ring (bicyclic) bond motifs is 1. The Kier molecular flexibility index (Phi) is 5.89. The normalized spacial score (nSPS) is 14.4. The molecule has 1 aromatic heterocycles. The number of carbonyl (C=O) groups excluding carboxylic acids is 2. The molecule has 3 aromatic rings. The van der Waals surface area contributed by atoms with Crippen LogP contribution >= 0.6 is 0 Å². The quantitative estimate of drug-likeness (QED) is 0.654. The summed E-state index contributed by atoms with van der Waals surface area (Å²) in [5.41, 5.74) is 2.79. The number of aromatic nitrogens is 1. The first kappa shape index (κ1) is 20.8. The lowest BCUT2D eigenvalue weighted by molar-refractivity contribution is -0.128. The van der Waals surface area contributed by atoms with Crippen molar-refractivity contribution in [1.82, 2.24) is 14.8 Å². The molecule has 31 heavy (non-hydrogen) atoms. The SMILES string of the molecule is CC(=O)N1CCCN(C(=O)c2cccc3c(-c4cccnc4N(C)C)cccc23)CC1. The first-order valence-corrected chi connectivity index (χ1v) is 10.7.